The number of hydrogen-bond donors (Lipinski definition) is 2. The number of rotatable bonds is 7. The number of nitrogens with one attached hydrogen (secondary N) is 1. The highest BCUT2D eigenvalue weighted by atomic mass is 19.4. The maximum Gasteiger partial charge on any atom is 0.389 e. The van der Waals surface area contributed by atoms with Crippen LogP contribution in [0.4, 0.5) is 13.2 Å². The van der Waals surface area contributed by atoms with Gasteiger partial charge < -0.3 is 29.4 Å². The molecule has 3 atom stereocenters. The van der Waals surface area contributed by atoms with E-state index in [0.29, 0.717) is 6.42 Å². The molecule has 1 aliphatic rings. The molecule has 0 bridgehead atoms. The van der Waals surface area contributed by atoms with Crippen LogP contribution in [-0.2, 0) is 19.0 Å². The number of amides is 1. The van der Waals surface area contributed by atoms with Gasteiger partial charge in [0, 0.05) is 38.3 Å². The molecular weight excluding hydrogens is 425 g/mol. The fourth-order valence-electron chi connectivity index (χ4n) is 2.87. The van der Waals surface area contributed by atoms with Crippen LogP contribution in [0.15, 0.2) is 12.3 Å². The van der Waals surface area contributed by atoms with Gasteiger partial charge in [0.05, 0.1) is 19.8 Å². The number of nitrogens with zero attached hydrogens (tertiary/aromatic N) is 1. The maximum absolute atomic E-state index is 12.5. The van der Waals surface area contributed by atoms with Crippen LogP contribution in [0.1, 0.15) is 36.7 Å². The zero-order valence-corrected chi connectivity index (χ0v) is 17.1. The molecule has 2 rings (SSSR count). The van der Waals surface area contributed by atoms with E-state index in [4.69, 9.17) is 18.9 Å². The summed E-state index contributed by atoms with van der Waals surface area (Å²) in [5.41, 5.74) is -0.342. The van der Waals surface area contributed by atoms with Crippen molar-refractivity contribution in [1.29, 1.82) is 0 Å². The number of alkyl halides is 3. The van der Waals surface area contributed by atoms with Gasteiger partial charge >= 0.3 is 12.1 Å². The molecule has 174 valence electrons. The van der Waals surface area contributed by atoms with Gasteiger partial charge in [-0.15, -0.1) is 0 Å². The summed E-state index contributed by atoms with van der Waals surface area (Å²) in [4.78, 5) is 28.7. The Morgan fingerprint density at radius 2 is 2.16 bits per heavy atom. The van der Waals surface area contributed by atoms with E-state index in [2.05, 4.69) is 10.3 Å². The molecule has 31 heavy (non-hydrogen) atoms. The topological polar surface area (TPSA) is 116 Å². The molecule has 0 unspecified atom stereocenters. The van der Waals surface area contributed by atoms with E-state index in [1.54, 1.807) is 6.92 Å². The first kappa shape index (κ1) is 24.7. The Bertz CT molecular complexity index is 761. The summed E-state index contributed by atoms with van der Waals surface area (Å²) in [6, 6.07) is 0.173. The molecule has 0 spiro atoms. The highest BCUT2D eigenvalue weighted by Crippen LogP contribution is 2.27. The third-order valence-corrected chi connectivity index (χ3v) is 4.51. The van der Waals surface area contributed by atoms with Gasteiger partial charge in [-0.1, -0.05) is 0 Å². The van der Waals surface area contributed by atoms with E-state index < -0.39 is 48.5 Å². The molecule has 0 aliphatic carbocycles. The molecule has 2 heterocycles. The first-order valence-electron chi connectivity index (χ1n) is 9.61. The van der Waals surface area contributed by atoms with Gasteiger partial charge in [0.15, 0.2) is 23.2 Å². The number of carbonyl (C=O) groups excluding carboxylic acids is 2. The number of aromatic nitrogens is 1. The number of aromatic hydroxyl groups is 1. The Hall–Kier alpha value is -2.60. The smallest absolute Gasteiger partial charge is 0.389 e. The third kappa shape index (κ3) is 7.55. The monoisotopic (exact) mass is 450 g/mol. The van der Waals surface area contributed by atoms with Crippen LogP contribution in [-0.4, -0.2) is 73.3 Å². The van der Waals surface area contributed by atoms with Crippen LogP contribution < -0.4 is 10.1 Å². The molecule has 1 aromatic heterocycles. The quantitative estimate of drug-likeness (QED) is 0.479. The van der Waals surface area contributed by atoms with Gasteiger partial charge in [0.1, 0.15) is 6.10 Å². The number of esters is 1. The zero-order chi connectivity index (χ0) is 23.0. The van der Waals surface area contributed by atoms with Crippen molar-refractivity contribution < 1.29 is 46.8 Å². The summed E-state index contributed by atoms with van der Waals surface area (Å²) in [6.07, 6.45) is -5.33. The number of methoxy groups -OCH3 is 1. The molecule has 1 aromatic rings. The number of hydrogen-bond acceptors (Lipinski definition) is 8. The van der Waals surface area contributed by atoms with Crippen LogP contribution in [0.25, 0.3) is 0 Å². The van der Waals surface area contributed by atoms with E-state index in [1.165, 1.54) is 19.4 Å². The lowest BCUT2D eigenvalue weighted by molar-refractivity contribution is -0.159. The minimum absolute atomic E-state index is 0.0348. The molecule has 0 radical (unpaired) electrons. The summed E-state index contributed by atoms with van der Waals surface area (Å²) in [5, 5.41) is 12.4. The summed E-state index contributed by atoms with van der Waals surface area (Å²) in [5.74, 6) is -2.10. The van der Waals surface area contributed by atoms with E-state index >= 15 is 0 Å². The average Bonchev–Trinajstić information content (AvgIpc) is 2.75. The minimum Gasteiger partial charge on any atom is -0.503 e. The first-order valence-corrected chi connectivity index (χ1v) is 9.61. The van der Waals surface area contributed by atoms with Crippen molar-refractivity contribution in [3.05, 3.63) is 18.0 Å². The molecule has 2 N–H and O–H groups in total. The normalized spacial score (nSPS) is 22.6. The lowest BCUT2D eigenvalue weighted by Gasteiger charge is -2.24. The molecule has 12 heteroatoms. The molecule has 1 amide bonds. The van der Waals surface area contributed by atoms with Crippen LogP contribution in [0, 0.1) is 0 Å². The van der Waals surface area contributed by atoms with Crippen molar-refractivity contribution in [2.45, 2.75) is 50.6 Å². The van der Waals surface area contributed by atoms with E-state index in [9.17, 15) is 27.9 Å². The first-order chi connectivity index (χ1) is 14.6. The van der Waals surface area contributed by atoms with Crippen LogP contribution in [0.3, 0.4) is 0 Å². The van der Waals surface area contributed by atoms with Crippen molar-refractivity contribution in [2.75, 3.05) is 26.9 Å². The van der Waals surface area contributed by atoms with Crippen molar-refractivity contribution in [2.24, 2.45) is 0 Å². The third-order valence-electron chi connectivity index (χ3n) is 4.51. The van der Waals surface area contributed by atoms with Crippen LogP contribution in [0.5, 0.6) is 11.5 Å². The fourth-order valence-corrected chi connectivity index (χ4v) is 2.87. The van der Waals surface area contributed by atoms with Gasteiger partial charge in [-0.25, -0.2) is 9.78 Å². The Morgan fingerprint density at radius 3 is 2.84 bits per heavy atom. The zero-order valence-electron chi connectivity index (χ0n) is 17.1. The number of pyridine rings is 1. The molecule has 0 aromatic carbocycles. The largest absolute Gasteiger partial charge is 0.503 e. The summed E-state index contributed by atoms with van der Waals surface area (Å²) in [7, 11) is 1.31. The van der Waals surface area contributed by atoms with Crippen molar-refractivity contribution >= 4 is 11.9 Å². The predicted molar refractivity (Wildman–Crippen MR) is 99.7 cm³/mol. The van der Waals surface area contributed by atoms with E-state index in [0.717, 1.165) is 0 Å². The Kier molecular flexibility index (Phi) is 8.87. The van der Waals surface area contributed by atoms with Gasteiger partial charge in [-0.3, -0.25) is 4.79 Å². The van der Waals surface area contributed by atoms with E-state index in [1.807, 2.05) is 0 Å². The van der Waals surface area contributed by atoms with Crippen molar-refractivity contribution in [1.82, 2.24) is 10.3 Å². The second-order valence-electron chi connectivity index (χ2n) is 6.87. The standard InChI is InChI=1S/C19H25F3N2O7/c1-11-13(30-8-3-6-19(20,21)22)5-9-29-10-12(18(27)31-11)24-17(26)15-16(25)14(28-2)4-7-23-15/h4,7,11-13,25H,3,5-6,8-10H2,1-2H3,(H,24,26)/t11-,12-,13+/m0/s1. The molecular formula is C19H25F3N2O7. The van der Waals surface area contributed by atoms with Crippen molar-refractivity contribution in [3.63, 3.8) is 0 Å². The molecule has 9 nitrogen and oxygen atoms in total. The molecule has 1 saturated heterocycles. The number of halogens is 3. The fraction of sp³-hybridized carbons (Fsp3) is 0.632. The summed E-state index contributed by atoms with van der Waals surface area (Å²) < 4.78 is 57.9. The SMILES string of the molecule is COc1ccnc(C(=O)N[C@H]2COCC[C@@H](OCCCC(F)(F)F)[C@H](C)OC2=O)c1O. The Balaban J connectivity index is 1.97. The Labute approximate surface area is 176 Å². The lowest BCUT2D eigenvalue weighted by Crippen LogP contribution is -2.46. The van der Waals surface area contributed by atoms with Crippen LogP contribution in [0.2, 0.25) is 0 Å². The molecule has 0 saturated carbocycles. The van der Waals surface area contributed by atoms with Gasteiger partial charge in [0.2, 0.25) is 0 Å². The minimum atomic E-state index is -4.26. The van der Waals surface area contributed by atoms with Crippen LogP contribution >= 0.6 is 0 Å². The second-order valence-corrected chi connectivity index (χ2v) is 6.87. The summed E-state index contributed by atoms with van der Waals surface area (Å²) in [6.45, 7) is 1.34. The summed E-state index contributed by atoms with van der Waals surface area (Å²) >= 11 is 0. The average molecular weight is 450 g/mol. The molecule has 1 aliphatic heterocycles. The van der Waals surface area contributed by atoms with Crippen molar-refractivity contribution in [3.8, 4) is 11.5 Å². The lowest BCUT2D eigenvalue weighted by atomic mass is 10.1. The van der Waals surface area contributed by atoms with Gasteiger partial charge in [-0.2, -0.15) is 13.2 Å². The van der Waals surface area contributed by atoms with E-state index in [-0.39, 0.29) is 37.7 Å². The van der Waals surface area contributed by atoms with Gasteiger partial charge in [-0.05, 0) is 13.3 Å². The number of carbonyl (C=O) groups is 2. The Morgan fingerprint density at radius 1 is 1.42 bits per heavy atom. The maximum atomic E-state index is 12.5. The van der Waals surface area contributed by atoms with Gasteiger partial charge in [0.25, 0.3) is 5.91 Å². The number of cyclic esters (lactones) is 1. The number of ether oxygens (including phenoxy) is 4. The molecule has 1 fully saturated rings. The predicted octanol–water partition coefficient (Wildman–Crippen LogP) is 1.97. The second kappa shape index (κ2) is 11.1. The highest BCUT2D eigenvalue weighted by molar-refractivity contribution is 5.98. The highest BCUT2D eigenvalue weighted by Gasteiger charge is 2.32.